The molecule has 6 nitrogen and oxygen atoms in total. The van der Waals surface area contributed by atoms with Gasteiger partial charge in [-0.3, -0.25) is 0 Å². The van der Waals surface area contributed by atoms with Crippen molar-refractivity contribution in [2.45, 2.75) is 43.0 Å². The quantitative estimate of drug-likeness (QED) is 0.238. The molecule has 78 valence electrons. The molecule has 6 heteroatoms. The molecular formula is C7H14O6. The smallest absolute Gasteiger partial charge is 0.119 e. The van der Waals surface area contributed by atoms with E-state index in [4.69, 9.17) is 15.3 Å². The van der Waals surface area contributed by atoms with Crippen LogP contribution in [0.15, 0.2) is 0 Å². The Bertz CT molecular complexity index is 175. The third-order valence-electron chi connectivity index (χ3n) is 2.54. The van der Waals surface area contributed by atoms with Gasteiger partial charge in [0.05, 0.1) is 0 Å². The Balaban J connectivity index is 2.93. The third kappa shape index (κ3) is 1.45. The summed E-state index contributed by atoms with van der Waals surface area (Å²) in [4.78, 5) is 0. The molecule has 0 aromatic heterocycles. The molecule has 1 fully saturated rings. The van der Waals surface area contributed by atoms with Gasteiger partial charge in [-0.2, -0.15) is 0 Å². The summed E-state index contributed by atoms with van der Waals surface area (Å²) in [6, 6.07) is 0. The number of hydrogen-bond acceptors (Lipinski definition) is 6. The van der Waals surface area contributed by atoms with Crippen molar-refractivity contribution in [2.24, 2.45) is 0 Å². The zero-order chi connectivity index (χ0) is 10.4. The lowest BCUT2D eigenvalue weighted by Crippen LogP contribution is -2.69. The third-order valence-corrected chi connectivity index (χ3v) is 2.54. The first-order chi connectivity index (χ1) is 5.80. The summed E-state index contributed by atoms with van der Waals surface area (Å²) < 4.78 is 0. The molecule has 6 atom stereocenters. The maximum absolute atomic E-state index is 9.44. The first-order valence-electron chi connectivity index (χ1n) is 3.93. The molecule has 0 aromatic rings. The predicted molar refractivity (Wildman–Crippen MR) is 40.7 cm³/mol. The van der Waals surface area contributed by atoms with Gasteiger partial charge in [-0.15, -0.1) is 0 Å². The number of rotatable bonds is 0. The van der Waals surface area contributed by atoms with Crippen LogP contribution in [-0.2, 0) is 0 Å². The van der Waals surface area contributed by atoms with E-state index in [1.54, 1.807) is 0 Å². The number of hydrogen-bond donors (Lipinski definition) is 6. The van der Waals surface area contributed by atoms with Crippen LogP contribution in [0, 0.1) is 0 Å². The number of aliphatic hydroxyl groups is 6. The fourth-order valence-electron chi connectivity index (χ4n) is 1.44. The summed E-state index contributed by atoms with van der Waals surface area (Å²) in [6.45, 7) is 1.07. The highest BCUT2D eigenvalue weighted by Gasteiger charge is 2.54. The van der Waals surface area contributed by atoms with Gasteiger partial charge in [0.25, 0.3) is 0 Å². The van der Waals surface area contributed by atoms with E-state index in [9.17, 15) is 15.3 Å². The average Bonchev–Trinajstić information content (AvgIpc) is 2.09. The minimum absolute atomic E-state index is 1.07. The SMILES string of the molecule is CC1(O)[C@H](O)[C@H](O)C(O)[C@H](O)[C@H]1O. The van der Waals surface area contributed by atoms with Crippen molar-refractivity contribution in [3.05, 3.63) is 0 Å². The molecule has 0 aromatic carbocycles. The molecule has 0 spiro atoms. The van der Waals surface area contributed by atoms with Crippen molar-refractivity contribution in [3.63, 3.8) is 0 Å². The molecule has 1 rings (SSSR count). The Kier molecular flexibility index (Phi) is 2.63. The first kappa shape index (κ1) is 10.8. The molecule has 1 aliphatic carbocycles. The molecule has 1 saturated carbocycles. The maximum Gasteiger partial charge on any atom is 0.119 e. The summed E-state index contributed by atoms with van der Waals surface area (Å²) in [5, 5.41) is 55.3. The van der Waals surface area contributed by atoms with E-state index in [-0.39, 0.29) is 0 Å². The van der Waals surface area contributed by atoms with Crippen LogP contribution in [0.2, 0.25) is 0 Å². The second kappa shape index (κ2) is 3.16. The Labute approximate surface area is 74.7 Å². The van der Waals surface area contributed by atoms with Gasteiger partial charge in [0, 0.05) is 0 Å². The summed E-state index contributed by atoms with van der Waals surface area (Å²) in [7, 11) is 0. The predicted octanol–water partition coefficient (Wildman–Crippen LogP) is -3.44. The van der Waals surface area contributed by atoms with Crippen LogP contribution in [0.5, 0.6) is 0 Å². The van der Waals surface area contributed by atoms with Crippen molar-refractivity contribution >= 4 is 0 Å². The van der Waals surface area contributed by atoms with E-state index >= 15 is 0 Å². The van der Waals surface area contributed by atoms with Gasteiger partial charge < -0.3 is 30.6 Å². The van der Waals surface area contributed by atoms with Crippen molar-refractivity contribution in [1.29, 1.82) is 0 Å². The number of aliphatic hydroxyl groups excluding tert-OH is 5. The van der Waals surface area contributed by atoms with Crippen LogP contribution in [0.1, 0.15) is 6.92 Å². The molecule has 0 radical (unpaired) electrons. The first-order valence-corrected chi connectivity index (χ1v) is 3.93. The minimum atomic E-state index is -2.03. The van der Waals surface area contributed by atoms with E-state index < -0.39 is 36.1 Å². The Hall–Kier alpha value is -0.240. The van der Waals surface area contributed by atoms with Gasteiger partial charge in [0.2, 0.25) is 0 Å². The van der Waals surface area contributed by atoms with Crippen molar-refractivity contribution in [3.8, 4) is 0 Å². The molecule has 0 saturated heterocycles. The Morgan fingerprint density at radius 2 is 1.08 bits per heavy atom. The fraction of sp³-hybridized carbons (Fsp3) is 1.00. The highest BCUT2D eigenvalue weighted by Crippen LogP contribution is 2.29. The Morgan fingerprint density at radius 3 is 1.38 bits per heavy atom. The highest BCUT2D eigenvalue weighted by molar-refractivity contribution is 5.05. The van der Waals surface area contributed by atoms with E-state index in [1.807, 2.05) is 0 Å². The Morgan fingerprint density at radius 1 is 0.769 bits per heavy atom. The monoisotopic (exact) mass is 194 g/mol. The standard InChI is InChI=1S/C7H14O6/c1-7(13)5(11)3(9)2(8)4(10)6(7)12/h2-6,8-13H,1H3/t2?,3-,4+,5-,6-,7?/m1/s1. The topological polar surface area (TPSA) is 121 Å². The van der Waals surface area contributed by atoms with E-state index in [2.05, 4.69) is 0 Å². The highest BCUT2D eigenvalue weighted by atomic mass is 16.4. The van der Waals surface area contributed by atoms with Gasteiger partial charge >= 0.3 is 0 Å². The molecule has 0 amide bonds. The van der Waals surface area contributed by atoms with E-state index in [1.165, 1.54) is 0 Å². The molecule has 2 unspecified atom stereocenters. The van der Waals surface area contributed by atoms with Crippen LogP contribution in [0.3, 0.4) is 0 Å². The minimum Gasteiger partial charge on any atom is -0.387 e. The lowest BCUT2D eigenvalue weighted by atomic mass is 9.76. The van der Waals surface area contributed by atoms with Crippen LogP contribution >= 0.6 is 0 Å². The summed E-state index contributed by atoms with van der Waals surface area (Å²) in [5.74, 6) is 0. The molecule has 0 aliphatic heterocycles. The van der Waals surface area contributed by atoms with Gasteiger partial charge in [-0.25, -0.2) is 0 Å². The van der Waals surface area contributed by atoms with Gasteiger partial charge in [-0.05, 0) is 6.92 Å². The second-order valence-electron chi connectivity index (χ2n) is 3.59. The van der Waals surface area contributed by atoms with Crippen LogP contribution in [0.25, 0.3) is 0 Å². The zero-order valence-corrected chi connectivity index (χ0v) is 7.07. The van der Waals surface area contributed by atoms with Crippen molar-refractivity contribution in [2.75, 3.05) is 0 Å². The maximum atomic E-state index is 9.44. The molecule has 1 aliphatic rings. The second-order valence-corrected chi connectivity index (χ2v) is 3.59. The lowest BCUT2D eigenvalue weighted by molar-refractivity contribution is -0.261. The summed E-state index contributed by atoms with van der Waals surface area (Å²) in [6.07, 6.45) is -8.39. The largest absolute Gasteiger partial charge is 0.387 e. The molecule has 13 heavy (non-hydrogen) atoms. The molecule has 0 heterocycles. The molecule has 0 bridgehead atoms. The van der Waals surface area contributed by atoms with E-state index in [0.29, 0.717) is 0 Å². The average molecular weight is 194 g/mol. The lowest BCUT2D eigenvalue weighted by Gasteiger charge is -2.45. The van der Waals surface area contributed by atoms with Gasteiger partial charge in [0.15, 0.2) is 0 Å². The van der Waals surface area contributed by atoms with Crippen molar-refractivity contribution < 1.29 is 30.6 Å². The van der Waals surface area contributed by atoms with Gasteiger partial charge in [-0.1, -0.05) is 0 Å². The van der Waals surface area contributed by atoms with Gasteiger partial charge in [0.1, 0.15) is 36.1 Å². The summed E-state index contributed by atoms with van der Waals surface area (Å²) >= 11 is 0. The fourth-order valence-corrected chi connectivity index (χ4v) is 1.44. The normalized spacial score (nSPS) is 57.9. The summed E-state index contributed by atoms with van der Waals surface area (Å²) in [5.41, 5.74) is -2.03. The zero-order valence-electron chi connectivity index (χ0n) is 7.07. The van der Waals surface area contributed by atoms with Crippen LogP contribution in [0.4, 0.5) is 0 Å². The van der Waals surface area contributed by atoms with E-state index in [0.717, 1.165) is 6.92 Å². The molecular weight excluding hydrogens is 180 g/mol. The van der Waals surface area contributed by atoms with Crippen LogP contribution < -0.4 is 0 Å². The molecule has 6 N–H and O–H groups in total. The van der Waals surface area contributed by atoms with Crippen molar-refractivity contribution in [1.82, 2.24) is 0 Å². The van der Waals surface area contributed by atoms with Crippen LogP contribution in [-0.4, -0.2) is 66.8 Å².